The number of nitrogens with zero attached hydrogens (tertiary/aromatic N) is 1. The summed E-state index contributed by atoms with van der Waals surface area (Å²) in [7, 11) is 0. The first kappa shape index (κ1) is 12.6. The van der Waals surface area contributed by atoms with Gasteiger partial charge < -0.3 is 15.7 Å². The maximum atomic E-state index is 11.2. The number of rotatable bonds is 4. The second-order valence-corrected chi connectivity index (χ2v) is 3.72. The highest BCUT2D eigenvalue weighted by molar-refractivity contribution is 6.45. The Bertz CT molecular complexity index is 609. The van der Waals surface area contributed by atoms with Gasteiger partial charge in [-0.15, -0.1) is 0 Å². The molecule has 3 N–H and O–H groups in total. The van der Waals surface area contributed by atoms with Crippen LogP contribution in [-0.2, 0) is 4.79 Å². The molecule has 0 unspecified atom stereocenters. The number of primary amides is 1. The number of benzene rings is 2. The third-order valence-electron chi connectivity index (χ3n) is 2.45. The second kappa shape index (κ2) is 5.68. The van der Waals surface area contributed by atoms with E-state index in [1.165, 1.54) is 0 Å². The predicted octanol–water partition coefficient (Wildman–Crippen LogP) is 2.14. The molecule has 0 aliphatic heterocycles. The zero-order valence-electron chi connectivity index (χ0n) is 9.98. The number of oxime groups is 1. The van der Waals surface area contributed by atoms with Crippen molar-refractivity contribution in [2.75, 3.05) is 0 Å². The fraction of sp³-hybridized carbons (Fsp3) is 0. The summed E-state index contributed by atoms with van der Waals surface area (Å²) in [6, 6.07) is 15.8. The van der Waals surface area contributed by atoms with E-state index in [-0.39, 0.29) is 5.71 Å². The highest BCUT2D eigenvalue weighted by atomic mass is 16.5. The summed E-state index contributed by atoms with van der Waals surface area (Å²) in [5, 5.41) is 11.8. The van der Waals surface area contributed by atoms with E-state index in [1.54, 1.807) is 36.4 Å². The van der Waals surface area contributed by atoms with Crippen LogP contribution in [0.3, 0.4) is 0 Å². The van der Waals surface area contributed by atoms with Gasteiger partial charge in [-0.25, -0.2) is 0 Å². The van der Waals surface area contributed by atoms with Crippen molar-refractivity contribution in [3.63, 3.8) is 0 Å². The molecule has 2 rings (SSSR count). The fourth-order valence-electron chi connectivity index (χ4n) is 1.60. The SMILES string of the molecule is NC(=O)/C(=N/O)c1ccccc1Oc1ccccc1. The summed E-state index contributed by atoms with van der Waals surface area (Å²) in [6.07, 6.45) is 0. The molecule has 0 heterocycles. The average Bonchev–Trinajstić information content (AvgIpc) is 2.42. The third-order valence-corrected chi connectivity index (χ3v) is 2.45. The van der Waals surface area contributed by atoms with Crippen molar-refractivity contribution in [2.24, 2.45) is 10.9 Å². The van der Waals surface area contributed by atoms with Gasteiger partial charge in [-0.3, -0.25) is 4.79 Å². The maximum absolute atomic E-state index is 11.2. The van der Waals surface area contributed by atoms with Crippen molar-refractivity contribution >= 4 is 11.6 Å². The summed E-state index contributed by atoms with van der Waals surface area (Å²) in [4.78, 5) is 11.2. The molecular weight excluding hydrogens is 244 g/mol. The van der Waals surface area contributed by atoms with Gasteiger partial charge in [0.25, 0.3) is 5.91 Å². The van der Waals surface area contributed by atoms with Crippen LogP contribution in [0.25, 0.3) is 0 Å². The van der Waals surface area contributed by atoms with Crippen LogP contribution in [0.5, 0.6) is 11.5 Å². The van der Waals surface area contributed by atoms with Crippen LogP contribution in [0.15, 0.2) is 59.8 Å². The molecule has 5 heteroatoms. The molecule has 5 nitrogen and oxygen atoms in total. The van der Waals surface area contributed by atoms with E-state index >= 15 is 0 Å². The van der Waals surface area contributed by atoms with Crippen LogP contribution in [0.4, 0.5) is 0 Å². The lowest BCUT2D eigenvalue weighted by Gasteiger charge is -2.10. The molecule has 0 spiro atoms. The van der Waals surface area contributed by atoms with Gasteiger partial charge in [-0.1, -0.05) is 35.5 Å². The van der Waals surface area contributed by atoms with Crippen molar-refractivity contribution < 1.29 is 14.7 Å². The molecule has 0 aromatic heterocycles. The van der Waals surface area contributed by atoms with Crippen molar-refractivity contribution in [3.8, 4) is 11.5 Å². The zero-order chi connectivity index (χ0) is 13.7. The molecule has 1 amide bonds. The normalized spacial score (nSPS) is 11.1. The molecule has 0 fully saturated rings. The topological polar surface area (TPSA) is 84.9 Å². The smallest absolute Gasteiger partial charge is 0.271 e. The largest absolute Gasteiger partial charge is 0.457 e. The van der Waals surface area contributed by atoms with Crippen LogP contribution in [0, 0.1) is 0 Å². The molecule has 0 bridgehead atoms. The average molecular weight is 256 g/mol. The monoisotopic (exact) mass is 256 g/mol. The number of carbonyl (C=O) groups is 1. The summed E-state index contributed by atoms with van der Waals surface area (Å²) < 4.78 is 5.64. The van der Waals surface area contributed by atoms with Gasteiger partial charge in [0.05, 0.1) is 5.56 Å². The summed E-state index contributed by atoms with van der Waals surface area (Å²) in [5.41, 5.74) is 5.25. The Morgan fingerprint density at radius 3 is 2.32 bits per heavy atom. The fourth-order valence-corrected chi connectivity index (χ4v) is 1.60. The van der Waals surface area contributed by atoms with Crippen LogP contribution in [0.2, 0.25) is 0 Å². The molecule has 96 valence electrons. The number of carbonyl (C=O) groups excluding carboxylic acids is 1. The van der Waals surface area contributed by atoms with Crippen LogP contribution in [0.1, 0.15) is 5.56 Å². The van der Waals surface area contributed by atoms with Gasteiger partial charge in [0.1, 0.15) is 11.5 Å². The van der Waals surface area contributed by atoms with E-state index in [4.69, 9.17) is 15.7 Å². The lowest BCUT2D eigenvalue weighted by Crippen LogP contribution is -2.24. The number of ether oxygens (including phenoxy) is 1. The summed E-state index contributed by atoms with van der Waals surface area (Å²) >= 11 is 0. The second-order valence-electron chi connectivity index (χ2n) is 3.72. The van der Waals surface area contributed by atoms with Gasteiger partial charge in [0.15, 0.2) is 5.71 Å². The molecule has 0 aliphatic carbocycles. The van der Waals surface area contributed by atoms with Gasteiger partial charge in [0, 0.05) is 0 Å². The first-order chi connectivity index (χ1) is 9.22. The first-order valence-corrected chi connectivity index (χ1v) is 5.56. The first-order valence-electron chi connectivity index (χ1n) is 5.56. The van der Waals surface area contributed by atoms with Crippen molar-refractivity contribution in [1.29, 1.82) is 0 Å². The summed E-state index contributed by atoms with van der Waals surface area (Å²) in [6.45, 7) is 0. The Labute approximate surface area is 109 Å². The number of amides is 1. The molecular formula is C14H12N2O3. The van der Waals surface area contributed by atoms with E-state index < -0.39 is 5.91 Å². The van der Waals surface area contributed by atoms with E-state index in [1.807, 2.05) is 18.2 Å². The van der Waals surface area contributed by atoms with Crippen LogP contribution < -0.4 is 10.5 Å². The Hall–Kier alpha value is -2.82. The third kappa shape index (κ3) is 2.90. The van der Waals surface area contributed by atoms with Crippen molar-refractivity contribution in [1.82, 2.24) is 0 Å². The molecule has 0 saturated carbocycles. The number of nitrogens with two attached hydrogens (primary N) is 1. The Kier molecular flexibility index (Phi) is 3.78. The zero-order valence-corrected chi connectivity index (χ0v) is 9.98. The molecule has 0 aliphatic rings. The minimum atomic E-state index is -0.827. The number of para-hydroxylation sites is 2. The van der Waals surface area contributed by atoms with Crippen LogP contribution >= 0.6 is 0 Å². The summed E-state index contributed by atoms with van der Waals surface area (Å²) in [5.74, 6) is 0.170. The molecule has 2 aromatic rings. The molecule has 2 aromatic carbocycles. The molecule has 0 atom stereocenters. The maximum Gasteiger partial charge on any atom is 0.271 e. The van der Waals surface area contributed by atoms with Crippen molar-refractivity contribution in [3.05, 3.63) is 60.2 Å². The molecule has 0 saturated heterocycles. The lowest BCUT2D eigenvalue weighted by atomic mass is 10.1. The van der Waals surface area contributed by atoms with Crippen LogP contribution in [-0.4, -0.2) is 16.8 Å². The van der Waals surface area contributed by atoms with Crippen molar-refractivity contribution in [2.45, 2.75) is 0 Å². The Balaban J connectivity index is 2.39. The van der Waals surface area contributed by atoms with E-state index in [0.717, 1.165) is 0 Å². The highest BCUT2D eigenvalue weighted by Crippen LogP contribution is 2.25. The van der Waals surface area contributed by atoms with Gasteiger partial charge in [0.2, 0.25) is 0 Å². The molecule has 19 heavy (non-hydrogen) atoms. The quantitative estimate of drug-likeness (QED) is 0.499. The highest BCUT2D eigenvalue weighted by Gasteiger charge is 2.16. The minimum Gasteiger partial charge on any atom is -0.457 e. The standard InChI is InChI=1S/C14H12N2O3/c15-14(17)13(16-18)11-8-4-5-9-12(11)19-10-6-2-1-3-7-10/h1-9,18H,(H2,15,17)/b16-13+. The van der Waals surface area contributed by atoms with Gasteiger partial charge >= 0.3 is 0 Å². The van der Waals surface area contributed by atoms with E-state index in [2.05, 4.69) is 5.16 Å². The van der Waals surface area contributed by atoms with Gasteiger partial charge in [-0.2, -0.15) is 0 Å². The Morgan fingerprint density at radius 2 is 1.68 bits per heavy atom. The molecule has 0 radical (unpaired) electrons. The van der Waals surface area contributed by atoms with Gasteiger partial charge in [-0.05, 0) is 24.3 Å². The Morgan fingerprint density at radius 1 is 1.05 bits per heavy atom. The number of hydrogen-bond acceptors (Lipinski definition) is 4. The lowest BCUT2D eigenvalue weighted by molar-refractivity contribution is -0.112. The number of hydrogen-bond donors (Lipinski definition) is 2. The van der Waals surface area contributed by atoms with E-state index in [9.17, 15) is 4.79 Å². The van der Waals surface area contributed by atoms with E-state index in [0.29, 0.717) is 17.1 Å². The predicted molar refractivity (Wildman–Crippen MR) is 70.5 cm³/mol. The minimum absolute atomic E-state index is 0.244.